The van der Waals surface area contributed by atoms with Crippen molar-refractivity contribution in [2.45, 2.75) is 32.3 Å². The zero-order valence-corrected chi connectivity index (χ0v) is 8.95. The molecule has 4 nitrogen and oxygen atoms in total. The van der Waals surface area contributed by atoms with Gasteiger partial charge in [0, 0.05) is 13.1 Å². The van der Waals surface area contributed by atoms with Crippen LogP contribution < -0.4 is 0 Å². The molecule has 1 aliphatic heterocycles. The number of carbonyl (C=O) groups is 1. The molecule has 0 unspecified atom stereocenters. The number of piperidine rings is 1. The van der Waals surface area contributed by atoms with Crippen LogP contribution in [0.2, 0.25) is 0 Å². The summed E-state index contributed by atoms with van der Waals surface area (Å²) in [4.78, 5) is 13.2. The summed E-state index contributed by atoms with van der Waals surface area (Å²) in [6, 6.07) is 0. The van der Waals surface area contributed by atoms with E-state index in [2.05, 4.69) is 0 Å². The van der Waals surface area contributed by atoms with Crippen molar-refractivity contribution in [3.8, 4) is 0 Å². The van der Waals surface area contributed by atoms with Crippen molar-refractivity contribution < 1.29 is 14.6 Å². The minimum Gasteiger partial charge on any atom is -0.465 e. The Labute approximate surface area is 84.8 Å². The summed E-state index contributed by atoms with van der Waals surface area (Å²) in [6.07, 6.45) is 1.46. The second-order valence-corrected chi connectivity index (χ2v) is 4.08. The minimum absolute atomic E-state index is 0.172. The molecule has 4 heteroatoms. The zero-order valence-electron chi connectivity index (χ0n) is 8.95. The molecule has 0 aromatic heterocycles. The fourth-order valence-electron chi connectivity index (χ4n) is 1.58. The number of likely N-dealkylation sites (tertiary alicyclic amines) is 1. The van der Waals surface area contributed by atoms with E-state index in [-0.39, 0.29) is 5.97 Å². The minimum atomic E-state index is -0.550. The second kappa shape index (κ2) is 4.75. The summed E-state index contributed by atoms with van der Waals surface area (Å²) in [5.41, 5.74) is -0.550. The highest BCUT2D eigenvalue weighted by Crippen LogP contribution is 2.20. The van der Waals surface area contributed by atoms with Gasteiger partial charge < -0.3 is 9.84 Å². The first-order valence-electron chi connectivity index (χ1n) is 5.14. The smallest absolute Gasteiger partial charge is 0.320 e. The Balaban J connectivity index is 2.25. The Bertz CT molecular complexity index is 194. The first kappa shape index (κ1) is 11.5. The third-order valence-corrected chi connectivity index (χ3v) is 2.59. The molecule has 1 N–H and O–H groups in total. The van der Waals surface area contributed by atoms with E-state index in [9.17, 15) is 9.90 Å². The lowest BCUT2D eigenvalue weighted by atomic mass is 9.94. The Morgan fingerprint density at radius 3 is 2.57 bits per heavy atom. The molecular formula is C10H19NO3. The molecule has 0 aromatic carbocycles. The number of carbonyl (C=O) groups excluding carboxylic acids is 1. The number of ether oxygens (including phenoxy) is 1. The van der Waals surface area contributed by atoms with Crippen LogP contribution in [0.25, 0.3) is 0 Å². The lowest BCUT2D eigenvalue weighted by Gasteiger charge is -2.35. The molecule has 14 heavy (non-hydrogen) atoms. The van der Waals surface area contributed by atoms with E-state index >= 15 is 0 Å². The van der Waals surface area contributed by atoms with Crippen LogP contribution in [0.15, 0.2) is 0 Å². The van der Waals surface area contributed by atoms with E-state index in [0.29, 0.717) is 13.2 Å². The number of hydrogen-bond donors (Lipinski definition) is 1. The molecule has 0 atom stereocenters. The van der Waals surface area contributed by atoms with Gasteiger partial charge in [-0.1, -0.05) is 0 Å². The van der Waals surface area contributed by atoms with Gasteiger partial charge in [-0.2, -0.15) is 0 Å². The molecule has 0 amide bonds. The van der Waals surface area contributed by atoms with Crippen molar-refractivity contribution in [1.29, 1.82) is 0 Å². The summed E-state index contributed by atoms with van der Waals surface area (Å²) >= 11 is 0. The maximum absolute atomic E-state index is 11.1. The van der Waals surface area contributed by atoms with Gasteiger partial charge in [0.05, 0.1) is 18.8 Å². The average Bonchev–Trinajstić information content (AvgIpc) is 2.09. The van der Waals surface area contributed by atoms with Gasteiger partial charge in [0.2, 0.25) is 0 Å². The maximum atomic E-state index is 11.1. The van der Waals surface area contributed by atoms with Gasteiger partial charge >= 0.3 is 5.97 Å². The predicted octanol–water partition coefficient (Wildman–Crippen LogP) is 0.396. The van der Waals surface area contributed by atoms with E-state index in [1.807, 2.05) is 11.8 Å². The van der Waals surface area contributed by atoms with Gasteiger partial charge in [0.1, 0.15) is 0 Å². The molecular weight excluding hydrogens is 182 g/mol. The number of nitrogens with zero attached hydrogens (tertiary/aromatic N) is 1. The third kappa shape index (κ3) is 3.64. The molecule has 0 radical (unpaired) electrons. The van der Waals surface area contributed by atoms with Crippen LogP contribution in [-0.2, 0) is 9.53 Å². The van der Waals surface area contributed by atoms with Crippen molar-refractivity contribution in [1.82, 2.24) is 4.90 Å². The lowest BCUT2D eigenvalue weighted by molar-refractivity contribution is -0.145. The van der Waals surface area contributed by atoms with Gasteiger partial charge in [0.15, 0.2) is 0 Å². The standard InChI is InChI=1S/C10H19NO3/c1-3-14-9(12)8-11-6-4-10(2,13)5-7-11/h13H,3-8H2,1-2H3. The summed E-state index contributed by atoms with van der Waals surface area (Å²) < 4.78 is 4.85. The summed E-state index contributed by atoms with van der Waals surface area (Å²) in [5, 5.41) is 9.69. The maximum Gasteiger partial charge on any atom is 0.320 e. The molecule has 1 saturated heterocycles. The number of aliphatic hydroxyl groups is 1. The molecule has 0 aromatic rings. The molecule has 1 fully saturated rings. The van der Waals surface area contributed by atoms with Crippen LogP contribution in [0.5, 0.6) is 0 Å². The normalized spacial score (nSPS) is 21.9. The van der Waals surface area contributed by atoms with E-state index in [0.717, 1.165) is 25.9 Å². The van der Waals surface area contributed by atoms with E-state index < -0.39 is 5.60 Å². The molecule has 0 saturated carbocycles. The highest BCUT2D eigenvalue weighted by molar-refractivity contribution is 5.71. The van der Waals surface area contributed by atoms with Crippen molar-refractivity contribution >= 4 is 5.97 Å². The SMILES string of the molecule is CCOC(=O)CN1CCC(C)(O)CC1. The van der Waals surface area contributed by atoms with Crippen LogP contribution in [0.4, 0.5) is 0 Å². The Morgan fingerprint density at radius 2 is 2.07 bits per heavy atom. The van der Waals surface area contributed by atoms with Crippen LogP contribution in [0.1, 0.15) is 26.7 Å². The summed E-state index contributed by atoms with van der Waals surface area (Å²) in [7, 11) is 0. The fraction of sp³-hybridized carbons (Fsp3) is 0.900. The first-order chi connectivity index (χ1) is 6.53. The van der Waals surface area contributed by atoms with Crippen LogP contribution >= 0.6 is 0 Å². The van der Waals surface area contributed by atoms with Gasteiger partial charge in [0.25, 0.3) is 0 Å². The van der Waals surface area contributed by atoms with Gasteiger partial charge in [-0.25, -0.2) is 0 Å². The summed E-state index contributed by atoms with van der Waals surface area (Å²) in [6.45, 7) is 5.97. The molecule has 1 aliphatic rings. The van der Waals surface area contributed by atoms with Crippen molar-refractivity contribution in [2.75, 3.05) is 26.2 Å². The molecule has 1 rings (SSSR count). The van der Waals surface area contributed by atoms with Crippen molar-refractivity contribution in [3.63, 3.8) is 0 Å². The lowest BCUT2D eigenvalue weighted by Crippen LogP contribution is -2.44. The van der Waals surface area contributed by atoms with Crippen LogP contribution in [0.3, 0.4) is 0 Å². The zero-order chi connectivity index (χ0) is 10.6. The predicted molar refractivity (Wildman–Crippen MR) is 52.9 cm³/mol. The molecule has 1 heterocycles. The fourth-order valence-corrected chi connectivity index (χ4v) is 1.58. The van der Waals surface area contributed by atoms with E-state index in [4.69, 9.17) is 4.74 Å². The molecule has 0 aliphatic carbocycles. The summed E-state index contributed by atoms with van der Waals surface area (Å²) in [5.74, 6) is -0.172. The van der Waals surface area contributed by atoms with Crippen molar-refractivity contribution in [2.24, 2.45) is 0 Å². The second-order valence-electron chi connectivity index (χ2n) is 4.08. The largest absolute Gasteiger partial charge is 0.465 e. The van der Waals surface area contributed by atoms with Crippen LogP contribution in [-0.4, -0.2) is 47.8 Å². The highest BCUT2D eigenvalue weighted by Gasteiger charge is 2.28. The average molecular weight is 201 g/mol. The van der Waals surface area contributed by atoms with Crippen molar-refractivity contribution in [3.05, 3.63) is 0 Å². The Morgan fingerprint density at radius 1 is 1.50 bits per heavy atom. The van der Waals surface area contributed by atoms with Gasteiger partial charge in [-0.15, -0.1) is 0 Å². The van der Waals surface area contributed by atoms with Crippen LogP contribution in [0, 0.1) is 0 Å². The highest BCUT2D eigenvalue weighted by atomic mass is 16.5. The monoisotopic (exact) mass is 201 g/mol. The third-order valence-electron chi connectivity index (χ3n) is 2.59. The van der Waals surface area contributed by atoms with Gasteiger partial charge in [-0.05, 0) is 26.7 Å². The number of rotatable bonds is 3. The van der Waals surface area contributed by atoms with E-state index in [1.165, 1.54) is 0 Å². The molecule has 0 bridgehead atoms. The Hall–Kier alpha value is -0.610. The van der Waals surface area contributed by atoms with E-state index in [1.54, 1.807) is 6.92 Å². The molecule has 82 valence electrons. The van der Waals surface area contributed by atoms with Gasteiger partial charge in [-0.3, -0.25) is 9.69 Å². The quantitative estimate of drug-likeness (QED) is 0.671. The number of esters is 1. The number of hydrogen-bond acceptors (Lipinski definition) is 4. The topological polar surface area (TPSA) is 49.8 Å². The molecule has 0 spiro atoms. The first-order valence-corrected chi connectivity index (χ1v) is 5.14. The Kier molecular flexibility index (Phi) is 3.89.